The first kappa shape index (κ1) is 21.5. The Balaban J connectivity index is 1.33. The molecule has 1 aromatic carbocycles. The van der Waals surface area contributed by atoms with Gasteiger partial charge in [-0.05, 0) is 59.0 Å². The van der Waals surface area contributed by atoms with Gasteiger partial charge >= 0.3 is 0 Å². The standard InChI is InChI=1S/C23H19Br2N7O2/c24-12-4-5-13-15(8-12)31(22-20(13)21(26)27-10-28-22)9-19(33)32-14-6-11(14)7-16(32)23(34)30-18-3-1-2-17(25)29-18/h1-5,8,10-11,14,16H,6-7,9H2,(H2,26,27,28)(H,29,30,34)/t11-,14-,16+/m1/s1. The Morgan fingerprint density at radius 2 is 2.00 bits per heavy atom. The molecule has 1 saturated heterocycles. The largest absolute Gasteiger partial charge is 0.383 e. The fraction of sp³-hybridized carbons (Fsp3) is 0.261. The smallest absolute Gasteiger partial charge is 0.248 e. The molecule has 0 spiro atoms. The number of hydrogen-bond acceptors (Lipinski definition) is 6. The van der Waals surface area contributed by atoms with Crippen LogP contribution in [0.25, 0.3) is 21.9 Å². The zero-order valence-electron chi connectivity index (χ0n) is 17.8. The lowest BCUT2D eigenvalue weighted by Crippen LogP contribution is -2.46. The lowest BCUT2D eigenvalue weighted by Gasteiger charge is -2.27. The summed E-state index contributed by atoms with van der Waals surface area (Å²) >= 11 is 6.84. The van der Waals surface area contributed by atoms with Crippen LogP contribution in [-0.4, -0.2) is 48.3 Å². The van der Waals surface area contributed by atoms with Gasteiger partial charge in [0.2, 0.25) is 11.8 Å². The number of benzene rings is 1. The number of nitrogens with one attached hydrogen (secondary N) is 1. The van der Waals surface area contributed by atoms with Crippen LogP contribution in [0.1, 0.15) is 12.8 Å². The summed E-state index contributed by atoms with van der Waals surface area (Å²) in [6.45, 7) is 0.0506. The van der Waals surface area contributed by atoms with Gasteiger partial charge in [-0.2, -0.15) is 0 Å². The number of amides is 2. The highest BCUT2D eigenvalue weighted by Gasteiger charge is 2.56. The number of carbonyl (C=O) groups is 2. The predicted octanol–water partition coefficient (Wildman–Crippen LogP) is 3.71. The second-order valence-corrected chi connectivity index (χ2v) is 10.4. The molecule has 0 radical (unpaired) electrons. The van der Waals surface area contributed by atoms with Crippen LogP contribution in [0, 0.1) is 5.92 Å². The number of carbonyl (C=O) groups excluding carboxylic acids is 2. The maximum Gasteiger partial charge on any atom is 0.248 e. The van der Waals surface area contributed by atoms with E-state index in [4.69, 9.17) is 5.73 Å². The van der Waals surface area contributed by atoms with Gasteiger partial charge in [0.25, 0.3) is 0 Å². The Kier molecular flexibility index (Phi) is 5.07. The van der Waals surface area contributed by atoms with Crippen molar-refractivity contribution < 1.29 is 9.59 Å². The van der Waals surface area contributed by atoms with Gasteiger partial charge in [-0.3, -0.25) is 9.59 Å². The topological polar surface area (TPSA) is 119 Å². The molecule has 34 heavy (non-hydrogen) atoms. The van der Waals surface area contributed by atoms with Gasteiger partial charge in [-0.15, -0.1) is 0 Å². The number of nitrogens with two attached hydrogens (primary N) is 1. The van der Waals surface area contributed by atoms with Crippen molar-refractivity contribution in [1.29, 1.82) is 0 Å². The van der Waals surface area contributed by atoms with Gasteiger partial charge in [0.05, 0.1) is 10.9 Å². The van der Waals surface area contributed by atoms with E-state index >= 15 is 0 Å². The number of rotatable bonds is 4. The second kappa shape index (κ2) is 8.02. The quantitative estimate of drug-likeness (QED) is 0.353. The van der Waals surface area contributed by atoms with Crippen LogP contribution >= 0.6 is 31.9 Å². The molecule has 2 fully saturated rings. The molecule has 0 bridgehead atoms. The summed E-state index contributed by atoms with van der Waals surface area (Å²) in [6, 6.07) is 10.7. The normalized spacial score (nSPS) is 21.1. The van der Waals surface area contributed by atoms with Gasteiger partial charge in [-0.25, -0.2) is 15.0 Å². The maximum absolute atomic E-state index is 13.6. The van der Waals surface area contributed by atoms with Crippen LogP contribution in [0.5, 0.6) is 0 Å². The maximum atomic E-state index is 13.6. The summed E-state index contributed by atoms with van der Waals surface area (Å²) in [4.78, 5) is 41.3. The highest BCUT2D eigenvalue weighted by molar-refractivity contribution is 9.10. The fourth-order valence-electron chi connectivity index (χ4n) is 5.02. The molecule has 3 aromatic heterocycles. The third-order valence-corrected chi connectivity index (χ3v) is 7.52. The average Bonchev–Trinajstić information content (AvgIpc) is 3.35. The molecule has 1 aliphatic carbocycles. The molecule has 9 nitrogen and oxygen atoms in total. The summed E-state index contributed by atoms with van der Waals surface area (Å²) in [5.74, 6) is 0.837. The molecule has 1 saturated carbocycles. The first-order chi connectivity index (χ1) is 16.4. The van der Waals surface area contributed by atoms with Gasteiger partial charge in [0.15, 0.2) is 0 Å². The minimum Gasteiger partial charge on any atom is -0.383 e. The first-order valence-corrected chi connectivity index (χ1v) is 12.4. The summed E-state index contributed by atoms with van der Waals surface area (Å²) in [5.41, 5.74) is 7.59. The number of piperidine rings is 1. The number of likely N-dealkylation sites (tertiary alicyclic amines) is 1. The Morgan fingerprint density at radius 1 is 1.15 bits per heavy atom. The first-order valence-electron chi connectivity index (χ1n) is 10.8. The third-order valence-electron chi connectivity index (χ3n) is 6.59. The number of pyridine rings is 1. The highest BCUT2D eigenvalue weighted by atomic mass is 79.9. The summed E-state index contributed by atoms with van der Waals surface area (Å²) in [5, 5.41) is 4.46. The van der Waals surface area contributed by atoms with Gasteiger partial charge in [-0.1, -0.05) is 28.1 Å². The van der Waals surface area contributed by atoms with Crippen LogP contribution in [0.3, 0.4) is 0 Å². The number of anilines is 2. The fourth-order valence-corrected chi connectivity index (χ4v) is 5.71. The number of nitrogens with zero attached hydrogens (tertiary/aromatic N) is 5. The Labute approximate surface area is 211 Å². The molecule has 4 aromatic rings. The molecule has 3 N–H and O–H groups in total. The molecule has 4 heterocycles. The minimum atomic E-state index is -0.531. The van der Waals surface area contributed by atoms with Gasteiger partial charge in [0, 0.05) is 15.9 Å². The highest BCUT2D eigenvalue weighted by Crippen LogP contribution is 2.48. The second-order valence-electron chi connectivity index (χ2n) is 8.66. The van der Waals surface area contributed by atoms with Crippen molar-refractivity contribution >= 4 is 77.2 Å². The predicted molar refractivity (Wildman–Crippen MR) is 135 cm³/mol. The molecule has 172 valence electrons. The van der Waals surface area contributed by atoms with Crippen molar-refractivity contribution in [2.75, 3.05) is 11.1 Å². The van der Waals surface area contributed by atoms with Gasteiger partial charge in [0.1, 0.15) is 40.8 Å². The van der Waals surface area contributed by atoms with E-state index in [1.54, 1.807) is 23.1 Å². The number of nitrogen functional groups attached to an aromatic ring is 1. The van der Waals surface area contributed by atoms with Crippen molar-refractivity contribution in [3.05, 3.63) is 51.8 Å². The monoisotopic (exact) mass is 583 g/mol. The zero-order chi connectivity index (χ0) is 23.6. The van der Waals surface area contributed by atoms with Crippen molar-refractivity contribution in [2.45, 2.75) is 31.5 Å². The lowest BCUT2D eigenvalue weighted by molar-refractivity contribution is -0.138. The average molecular weight is 585 g/mol. The Hall–Kier alpha value is -3.05. The van der Waals surface area contributed by atoms with Crippen LogP contribution in [-0.2, 0) is 16.1 Å². The van der Waals surface area contributed by atoms with Crippen molar-refractivity contribution in [3.8, 4) is 0 Å². The molecule has 2 amide bonds. The van der Waals surface area contributed by atoms with E-state index in [1.165, 1.54) is 6.33 Å². The SMILES string of the molecule is Nc1ncnc2c1c1ccc(Br)cc1n2CC(=O)N1[C@@H]2C[C@@H]2C[C@H]1C(=O)Nc1cccc(Br)n1. The van der Waals surface area contributed by atoms with Crippen molar-refractivity contribution in [3.63, 3.8) is 0 Å². The lowest BCUT2D eigenvalue weighted by atomic mass is 10.1. The van der Waals surface area contributed by atoms with E-state index in [0.29, 0.717) is 34.2 Å². The van der Waals surface area contributed by atoms with Crippen LogP contribution < -0.4 is 11.1 Å². The van der Waals surface area contributed by atoms with Crippen LogP contribution in [0.4, 0.5) is 11.6 Å². The van der Waals surface area contributed by atoms with Crippen LogP contribution in [0.2, 0.25) is 0 Å². The van der Waals surface area contributed by atoms with Crippen LogP contribution in [0.15, 0.2) is 51.8 Å². The molecule has 6 rings (SSSR count). The van der Waals surface area contributed by atoms with Crippen molar-refractivity contribution in [1.82, 2.24) is 24.4 Å². The van der Waals surface area contributed by atoms with Gasteiger partial charge < -0.3 is 20.5 Å². The van der Waals surface area contributed by atoms with E-state index < -0.39 is 6.04 Å². The zero-order valence-corrected chi connectivity index (χ0v) is 21.0. The summed E-state index contributed by atoms with van der Waals surface area (Å²) < 4.78 is 3.37. The molecule has 11 heteroatoms. The van der Waals surface area contributed by atoms with E-state index in [2.05, 4.69) is 52.1 Å². The molecule has 1 aliphatic heterocycles. The van der Waals surface area contributed by atoms with E-state index in [1.807, 2.05) is 22.8 Å². The molecular formula is C23H19Br2N7O2. The Bertz CT molecular complexity index is 1490. The number of hydrogen-bond donors (Lipinski definition) is 2. The molecular weight excluding hydrogens is 566 g/mol. The van der Waals surface area contributed by atoms with E-state index in [-0.39, 0.29) is 24.4 Å². The molecule has 0 unspecified atom stereocenters. The number of fused-ring (bicyclic) bond motifs is 4. The number of halogens is 2. The number of aromatic nitrogens is 4. The molecule has 2 aliphatic rings. The van der Waals surface area contributed by atoms with E-state index in [0.717, 1.165) is 27.2 Å². The summed E-state index contributed by atoms with van der Waals surface area (Å²) in [7, 11) is 0. The Morgan fingerprint density at radius 3 is 2.82 bits per heavy atom. The third kappa shape index (κ3) is 3.54. The van der Waals surface area contributed by atoms with E-state index in [9.17, 15) is 9.59 Å². The summed E-state index contributed by atoms with van der Waals surface area (Å²) in [6.07, 6.45) is 2.99. The van der Waals surface area contributed by atoms with Crippen molar-refractivity contribution in [2.24, 2.45) is 5.92 Å². The minimum absolute atomic E-state index is 0.0506. The molecule has 3 atom stereocenters.